The highest BCUT2D eigenvalue weighted by Crippen LogP contribution is 2.33. The van der Waals surface area contributed by atoms with E-state index in [1.54, 1.807) is 44.9 Å². The summed E-state index contributed by atoms with van der Waals surface area (Å²) in [5.74, 6) is -1.04. The van der Waals surface area contributed by atoms with Gasteiger partial charge in [-0.05, 0) is 45.2 Å². The van der Waals surface area contributed by atoms with Crippen LogP contribution in [0.4, 0.5) is 5.69 Å². The highest BCUT2D eigenvalue weighted by molar-refractivity contribution is 6.44. The third-order valence-corrected chi connectivity index (χ3v) is 7.97. The Morgan fingerprint density at radius 1 is 1.13 bits per heavy atom. The minimum atomic E-state index is -0.594. The number of pyridine rings is 1. The normalized spacial score (nSPS) is 19.9. The summed E-state index contributed by atoms with van der Waals surface area (Å²) in [6.45, 7) is 8.14. The van der Waals surface area contributed by atoms with Gasteiger partial charge in [0.2, 0.25) is 0 Å². The number of rotatable bonds is 8. The number of nitrogens with zero attached hydrogens (tertiary/aromatic N) is 3. The van der Waals surface area contributed by atoms with Gasteiger partial charge in [0.1, 0.15) is 11.4 Å². The van der Waals surface area contributed by atoms with Crippen molar-refractivity contribution < 1.29 is 28.6 Å². The van der Waals surface area contributed by atoms with E-state index in [9.17, 15) is 14.4 Å². The van der Waals surface area contributed by atoms with E-state index in [0.717, 1.165) is 0 Å². The maximum Gasteiger partial charge on any atom is 0.357 e. The predicted octanol–water partition coefficient (Wildman–Crippen LogP) is 4.18. The van der Waals surface area contributed by atoms with Crippen molar-refractivity contribution in [3.05, 3.63) is 45.0 Å². The fraction of sp³-hybridized carbons (Fsp3) is 0.556. The van der Waals surface area contributed by atoms with Crippen LogP contribution in [0.25, 0.3) is 0 Å². The maximum atomic E-state index is 13.3. The van der Waals surface area contributed by atoms with Gasteiger partial charge in [-0.15, -0.1) is 0 Å². The molecule has 0 spiro atoms. The van der Waals surface area contributed by atoms with Crippen molar-refractivity contribution in [3.63, 3.8) is 0 Å². The van der Waals surface area contributed by atoms with Crippen molar-refractivity contribution >= 4 is 46.5 Å². The van der Waals surface area contributed by atoms with Gasteiger partial charge in [-0.1, -0.05) is 23.2 Å². The summed E-state index contributed by atoms with van der Waals surface area (Å²) in [4.78, 5) is 50.2. The molecule has 212 valence electrons. The summed E-state index contributed by atoms with van der Waals surface area (Å²) < 4.78 is 16.5. The average molecular weight is 581 g/mol. The number of aromatic nitrogens is 2. The number of carbonyl (C=O) groups excluding carboxylic acids is 3. The summed E-state index contributed by atoms with van der Waals surface area (Å²) in [6.07, 6.45) is 0.284. The fourth-order valence-electron chi connectivity index (χ4n) is 4.92. The van der Waals surface area contributed by atoms with E-state index in [0.29, 0.717) is 67.9 Å². The van der Waals surface area contributed by atoms with Gasteiger partial charge in [-0.2, -0.15) is 0 Å². The van der Waals surface area contributed by atoms with Gasteiger partial charge in [0.15, 0.2) is 11.5 Å². The van der Waals surface area contributed by atoms with E-state index in [-0.39, 0.29) is 52.6 Å². The van der Waals surface area contributed by atoms with Crippen LogP contribution in [0.15, 0.2) is 12.1 Å². The lowest BCUT2D eigenvalue weighted by molar-refractivity contribution is 0.0297. The lowest BCUT2D eigenvalue weighted by Gasteiger charge is -2.39. The molecule has 0 radical (unpaired) electrons. The molecule has 2 aromatic rings. The second-order valence-electron chi connectivity index (χ2n) is 10.1. The van der Waals surface area contributed by atoms with Crippen molar-refractivity contribution in [2.45, 2.75) is 45.8 Å². The highest BCUT2D eigenvalue weighted by Gasteiger charge is 2.33. The van der Waals surface area contributed by atoms with E-state index in [2.05, 4.69) is 9.97 Å². The number of hydrogen-bond donors (Lipinski definition) is 1. The van der Waals surface area contributed by atoms with Crippen molar-refractivity contribution in [1.82, 2.24) is 14.9 Å². The third kappa shape index (κ3) is 6.74. The number of carbonyl (C=O) groups is 3. The quantitative estimate of drug-likeness (QED) is 0.365. The number of H-pyrrole nitrogens is 1. The van der Waals surface area contributed by atoms with Crippen LogP contribution in [-0.2, 0) is 14.2 Å². The van der Waals surface area contributed by atoms with Crippen molar-refractivity contribution in [1.29, 1.82) is 0 Å². The summed E-state index contributed by atoms with van der Waals surface area (Å²) in [7, 11) is 1.61. The number of aryl methyl sites for hydroxylation is 1. The van der Waals surface area contributed by atoms with Gasteiger partial charge in [0, 0.05) is 51.1 Å². The molecule has 2 saturated heterocycles. The Balaban J connectivity index is 1.55. The monoisotopic (exact) mass is 580 g/mol. The molecule has 39 heavy (non-hydrogen) atoms. The number of esters is 1. The molecule has 4 rings (SSSR count). The maximum absolute atomic E-state index is 13.3. The second kappa shape index (κ2) is 12.7. The number of nitrogens with one attached hydrogen (secondary N) is 1. The summed E-state index contributed by atoms with van der Waals surface area (Å²) in [6, 6.07) is 3.34. The highest BCUT2D eigenvalue weighted by atomic mass is 35.5. The van der Waals surface area contributed by atoms with Gasteiger partial charge in [-0.25, -0.2) is 9.78 Å². The molecule has 10 nitrogen and oxygen atoms in total. The van der Waals surface area contributed by atoms with Crippen LogP contribution in [0.3, 0.4) is 0 Å². The number of hydrogen-bond acceptors (Lipinski definition) is 8. The number of ether oxygens (including phenoxy) is 3. The smallest absolute Gasteiger partial charge is 0.357 e. The molecule has 1 N–H and O–H groups in total. The molecule has 0 bridgehead atoms. The zero-order valence-electron chi connectivity index (χ0n) is 22.6. The Labute approximate surface area is 237 Å². The number of methoxy groups -OCH3 is 1. The summed E-state index contributed by atoms with van der Waals surface area (Å²) in [5.41, 5.74) is 1.86. The number of amides is 1. The van der Waals surface area contributed by atoms with Gasteiger partial charge >= 0.3 is 5.97 Å². The summed E-state index contributed by atoms with van der Waals surface area (Å²) >= 11 is 12.4. The molecule has 2 fully saturated rings. The third-order valence-electron chi connectivity index (χ3n) is 7.02. The molecule has 1 amide bonds. The van der Waals surface area contributed by atoms with E-state index >= 15 is 0 Å². The largest absolute Gasteiger partial charge is 0.458 e. The number of anilines is 1. The Morgan fingerprint density at radius 2 is 1.82 bits per heavy atom. The van der Waals surface area contributed by atoms with Gasteiger partial charge in [-0.3, -0.25) is 9.59 Å². The van der Waals surface area contributed by atoms with Crippen LogP contribution in [0, 0.1) is 12.8 Å². The van der Waals surface area contributed by atoms with E-state index in [1.165, 1.54) is 0 Å². The predicted molar refractivity (Wildman–Crippen MR) is 147 cm³/mol. The van der Waals surface area contributed by atoms with Gasteiger partial charge in [0.05, 0.1) is 35.5 Å². The first kappa shape index (κ1) is 29.3. The van der Waals surface area contributed by atoms with Gasteiger partial charge < -0.3 is 29.0 Å². The summed E-state index contributed by atoms with van der Waals surface area (Å²) in [5, 5.41) is 0.589. The molecule has 2 atom stereocenters. The van der Waals surface area contributed by atoms with E-state index in [1.807, 2.05) is 4.90 Å². The topological polar surface area (TPSA) is 114 Å². The first-order chi connectivity index (χ1) is 18.6. The molecule has 2 aromatic heterocycles. The van der Waals surface area contributed by atoms with Gasteiger partial charge in [0.25, 0.3) is 5.91 Å². The van der Waals surface area contributed by atoms with Crippen LogP contribution in [0.2, 0.25) is 10.0 Å². The van der Waals surface area contributed by atoms with Crippen LogP contribution in [0.1, 0.15) is 63.8 Å². The number of halogens is 2. The molecule has 4 heterocycles. The number of aromatic amines is 1. The van der Waals surface area contributed by atoms with Crippen molar-refractivity contribution in [2.75, 3.05) is 51.4 Å². The first-order valence-electron chi connectivity index (χ1n) is 13.0. The number of piperidine rings is 1. The number of Topliss-reactive ketones (excluding diaryl/α,β-unsaturated/α-hetero) is 1. The zero-order valence-corrected chi connectivity index (χ0v) is 24.1. The number of ketones is 1. The van der Waals surface area contributed by atoms with Crippen LogP contribution < -0.4 is 4.90 Å². The van der Waals surface area contributed by atoms with Crippen LogP contribution in [0.5, 0.6) is 0 Å². The zero-order chi connectivity index (χ0) is 28.3. The molecule has 0 aliphatic carbocycles. The Bertz CT molecular complexity index is 1230. The van der Waals surface area contributed by atoms with Crippen LogP contribution >= 0.6 is 23.2 Å². The Morgan fingerprint density at radius 3 is 2.44 bits per heavy atom. The standard InChI is InChI=1S/C27H34Cl2N4O6/c1-15(2)39-27(36)20-13-18(12-19(31-20)26(35)32-7-9-38-10-8-32)33-6-5-17(22(14-33)37-4)11-21(34)25-24(29)23(28)16(3)30-25/h12-13,15,17,22,30H,5-11,14H2,1-4H3. The SMILES string of the molecule is COC1CN(c2cc(C(=O)OC(C)C)nc(C(=O)N3CCOCC3)c2)CCC1CC(=O)c1[nH]c(C)c(Cl)c1Cl. The molecule has 2 unspecified atom stereocenters. The number of morpholine rings is 1. The molecule has 2 aliphatic heterocycles. The Hall–Kier alpha value is -2.66. The minimum Gasteiger partial charge on any atom is -0.458 e. The molecular weight excluding hydrogens is 547 g/mol. The average Bonchev–Trinajstić information content (AvgIpc) is 3.19. The van der Waals surface area contributed by atoms with Crippen LogP contribution in [-0.4, -0.2) is 91.2 Å². The van der Waals surface area contributed by atoms with Crippen molar-refractivity contribution in [2.24, 2.45) is 5.92 Å². The molecular formula is C27H34Cl2N4O6. The molecule has 0 aromatic carbocycles. The van der Waals surface area contributed by atoms with E-state index < -0.39 is 5.97 Å². The lowest BCUT2D eigenvalue weighted by Crippen LogP contribution is -2.46. The molecule has 2 aliphatic rings. The lowest BCUT2D eigenvalue weighted by atomic mass is 9.88. The molecule has 12 heteroatoms. The Kier molecular flexibility index (Phi) is 9.53. The second-order valence-corrected chi connectivity index (χ2v) is 10.9. The molecule has 0 saturated carbocycles. The van der Waals surface area contributed by atoms with Crippen molar-refractivity contribution in [3.8, 4) is 0 Å². The fourth-order valence-corrected chi connectivity index (χ4v) is 5.36. The van der Waals surface area contributed by atoms with E-state index in [4.69, 9.17) is 37.4 Å². The first-order valence-corrected chi connectivity index (χ1v) is 13.8. The minimum absolute atomic E-state index is 0.0566.